The summed E-state index contributed by atoms with van der Waals surface area (Å²) in [4.78, 5) is 26.1. The molecule has 0 unspecified atom stereocenters. The summed E-state index contributed by atoms with van der Waals surface area (Å²) in [5, 5.41) is 3.30. The van der Waals surface area contributed by atoms with Crippen molar-refractivity contribution in [2.24, 2.45) is 22.7 Å². The van der Waals surface area contributed by atoms with Crippen LogP contribution in [0.15, 0.2) is 0 Å². The lowest BCUT2D eigenvalue weighted by Gasteiger charge is -2.39. The third kappa shape index (κ3) is 2.01. The van der Waals surface area contributed by atoms with Crippen LogP contribution in [-0.2, 0) is 9.59 Å². The Morgan fingerprint density at radius 2 is 2.10 bits per heavy atom. The predicted octanol–water partition coefficient (Wildman–Crippen LogP) is 2.19. The summed E-state index contributed by atoms with van der Waals surface area (Å²) in [5.74, 6) is 0.791. The van der Waals surface area contributed by atoms with Crippen LogP contribution in [0.4, 0.5) is 0 Å². The largest absolute Gasteiger partial charge is 0.352 e. The van der Waals surface area contributed by atoms with E-state index in [1.807, 2.05) is 6.92 Å². The molecule has 1 N–H and O–H groups in total. The Balaban J connectivity index is 1.66. The fourth-order valence-electron chi connectivity index (χ4n) is 4.96. The van der Waals surface area contributed by atoms with Crippen molar-refractivity contribution in [1.82, 2.24) is 10.2 Å². The smallest absolute Gasteiger partial charge is 0.225 e. The minimum Gasteiger partial charge on any atom is -0.352 e. The molecule has 3 rings (SSSR count). The molecule has 0 aromatic carbocycles. The van der Waals surface area contributed by atoms with Crippen LogP contribution in [0.5, 0.6) is 0 Å². The molecule has 3 fully saturated rings. The zero-order chi connectivity index (χ0) is 15.4. The number of hydrogen-bond acceptors (Lipinski definition) is 2. The van der Waals surface area contributed by atoms with Crippen molar-refractivity contribution in [3.63, 3.8) is 0 Å². The van der Waals surface area contributed by atoms with Crippen molar-refractivity contribution in [3.05, 3.63) is 0 Å². The molecule has 0 radical (unpaired) electrons. The number of carbonyl (C=O) groups excluding carboxylic acids is 2. The van der Waals surface area contributed by atoms with Crippen LogP contribution < -0.4 is 5.32 Å². The minimum atomic E-state index is -0.150. The number of hydrogen-bond donors (Lipinski definition) is 1. The van der Waals surface area contributed by atoms with E-state index >= 15 is 0 Å². The highest BCUT2D eigenvalue weighted by Gasteiger charge is 2.61. The number of rotatable bonds is 3. The van der Waals surface area contributed by atoms with Crippen LogP contribution in [0.1, 0.15) is 53.4 Å². The lowest BCUT2D eigenvalue weighted by molar-refractivity contribution is -0.129. The van der Waals surface area contributed by atoms with Gasteiger partial charge in [-0.05, 0) is 42.9 Å². The zero-order valence-corrected chi connectivity index (χ0v) is 13.7. The van der Waals surface area contributed by atoms with Crippen LogP contribution in [0.3, 0.4) is 0 Å². The van der Waals surface area contributed by atoms with Crippen molar-refractivity contribution < 1.29 is 9.59 Å². The van der Waals surface area contributed by atoms with E-state index in [4.69, 9.17) is 0 Å². The summed E-state index contributed by atoms with van der Waals surface area (Å²) in [5.41, 5.74) is 0.520. The monoisotopic (exact) mass is 292 g/mol. The average molecular weight is 292 g/mol. The molecule has 1 heterocycles. The maximum Gasteiger partial charge on any atom is 0.225 e. The second-order valence-corrected chi connectivity index (χ2v) is 8.01. The molecular formula is C17H28N2O2. The van der Waals surface area contributed by atoms with Crippen molar-refractivity contribution in [2.75, 3.05) is 13.1 Å². The minimum absolute atomic E-state index is 0.0916. The molecule has 118 valence electrons. The molecule has 0 aromatic heterocycles. The topological polar surface area (TPSA) is 49.4 Å². The SMILES string of the molecule is CCN1C[C@H](C(=O)N[C@H]2C[C@H]3CC[C@@]2(C)C3(C)C)CC1=O. The predicted molar refractivity (Wildman–Crippen MR) is 81.5 cm³/mol. The maximum absolute atomic E-state index is 12.5. The Morgan fingerprint density at radius 1 is 1.38 bits per heavy atom. The highest BCUT2D eigenvalue weighted by Crippen LogP contribution is 2.65. The van der Waals surface area contributed by atoms with Gasteiger partial charge in [0.25, 0.3) is 0 Å². The molecule has 1 saturated heterocycles. The molecule has 1 aliphatic heterocycles. The standard InChI is InChI=1S/C17H28N2O2/c1-5-19-10-11(8-14(19)20)15(21)18-13-9-12-6-7-17(13,4)16(12,2)3/h11-13H,5-10H2,1-4H3,(H,18,21)/t11-,12-,13+,17-/m1/s1. The van der Waals surface area contributed by atoms with Gasteiger partial charge in [0.15, 0.2) is 0 Å². The van der Waals surface area contributed by atoms with Crippen molar-refractivity contribution in [1.29, 1.82) is 0 Å². The number of carbonyl (C=O) groups is 2. The zero-order valence-electron chi connectivity index (χ0n) is 13.7. The van der Waals surface area contributed by atoms with Gasteiger partial charge in [0.2, 0.25) is 11.8 Å². The molecule has 21 heavy (non-hydrogen) atoms. The molecule has 2 saturated carbocycles. The van der Waals surface area contributed by atoms with Crippen LogP contribution in [0.2, 0.25) is 0 Å². The third-order valence-corrected chi connectivity index (χ3v) is 7.08. The summed E-state index contributed by atoms with van der Waals surface area (Å²) in [6.07, 6.45) is 3.99. The molecular weight excluding hydrogens is 264 g/mol. The van der Waals surface area contributed by atoms with E-state index in [1.165, 1.54) is 12.8 Å². The first-order chi connectivity index (χ1) is 9.79. The summed E-state index contributed by atoms with van der Waals surface area (Å²) in [6, 6.07) is 0.282. The Morgan fingerprint density at radius 3 is 2.57 bits per heavy atom. The Kier molecular flexibility index (Phi) is 3.34. The molecule has 2 amide bonds. The third-order valence-electron chi connectivity index (χ3n) is 7.08. The van der Waals surface area contributed by atoms with Crippen LogP contribution >= 0.6 is 0 Å². The second kappa shape index (κ2) is 4.72. The lowest BCUT2D eigenvalue weighted by Crippen LogP contribution is -2.48. The highest BCUT2D eigenvalue weighted by molar-refractivity contribution is 5.89. The van der Waals surface area contributed by atoms with E-state index in [1.54, 1.807) is 4.90 Å². The molecule has 4 heteroatoms. The summed E-state index contributed by atoms with van der Waals surface area (Å²) < 4.78 is 0. The number of nitrogens with one attached hydrogen (secondary N) is 1. The van der Waals surface area contributed by atoms with Gasteiger partial charge in [-0.15, -0.1) is 0 Å². The molecule has 0 spiro atoms. The first kappa shape index (κ1) is 14.9. The first-order valence-electron chi connectivity index (χ1n) is 8.37. The fourth-order valence-corrected chi connectivity index (χ4v) is 4.96. The van der Waals surface area contributed by atoms with Gasteiger partial charge in [-0.3, -0.25) is 9.59 Å². The molecule has 2 aliphatic carbocycles. The van der Waals surface area contributed by atoms with E-state index in [9.17, 15) is 9.59 Å². The van der Waals surface area contributed by atoms with E-state index in [0.29, 0.717) is 24.9 Å². The van der Waals surface area contributed by atoms with Crippen molar-refractivity contribution >= 4 is 11.8 Å². The van der Waals surface area contributed by atoms with Crippen LogP contribution in [-0.4, -0.2) is 35.8 Å². The van der Waals surface area contributed by atoms with Gasteiger partial charge in [-0.2, -0.15) is 0 Å². The average Bonchev–Trinajstić information content (AvgIpc) is 2.96. The number of fused-ring (bicyclic) bond motifs is 2. The van der Waals surface area contributed by atoms with Gasteiger partial charge in [-0.1, -0.05) is 20.8 Å². The van der Waals surface area contributed by atoms with Gasteiger partial charge in [0, 0.05) is 25.6 Å². The van der Waals surface area contributed by atoms with E-state index < -0.39 is 0 Å². The summed E-state index contributed by atoms with van der Waals surface area (Å²) in [7, 11) is 0. The van der Waals surface area contributed by atoms with Crippen LogP contribution in [0, 0.1) is 22.7 Å². The molecule has 2 bridgehead atoms. The molecule has 0 aromatic rings. The quantitative estimate of drug-likeness (QED) is 0.867. The van der Waals surface area contributed by atoms with Crippen LogP contribution in [0.25, 0.3) is 0 Å². The van der Waals surface area contributed by atoms with Gasteiger partial charge in [0.1, 0.15) is 0 Å². The van der Waals surface area contributed by atoms with Gasteiger partial charge >= 0.3 is 0 Å². The molecule has 4 nitrogen and oxygen atoms in total. The molecule has 4 atom stereocenters. The normalized spacial score (nSPS) is 40.9. The number of likely N-dealkylation sites (tertiary alicyclic amines) is 1. The number of nitrogens with zero attached hydrogens (tertiary/aromatic N) is 1. The lowest BCUT2D eigenvalue weighted by atomic mass is 9.69. The Hall–Kier alpha value is -1.06. The summed E-state index contributed by atoms with van der Waals surface area (Å²) >= 11 is 0. The second-order valence-electron chi connectivity index (χ2n) is 8.01. The van der Waals surface area contributed by atoms with Gasteiger partial charge in [0.05, 0.1) is 5.92 Å². The first-order valence-corrected chi connectivity index (χ1v) is 8.37. The van der Waals surface area contributed by atoms with Gasteiger partial charge < -0.3 is 10.2 Å². The fraction of sp³-hybridized carbons (Fsp3) is 0.882. The van der Waals surface area contributed by atoms with E-state index in [-0.39, 0.29) is 29.2 Å². The Bertz CT molecular complexity index is 473. The van der Waals surface area contributed by atoms with Gasteiger partial charge in [-0.25, -0.2) is 0 Å². The highest BCUT2D eigenvalue weighted by atomic mass is 16.2. The van der Waals surface area contributed by atoms with Crippen molar-refractivity contribution in [3.8, 4) is 0 Å². The summed E-state index contributed by atoms with van der Waals surface area (Å²) in [6.45, 7) is 10.3. The Labute approximate surface area is 127 Å². The van der Waals surface area contributed by atoms with E-state index in [2.05, 4.69) is 26.1 Å². The van der Waals surface area contributed by atoms with Crippen molar-refractivity contribution in [2.45, 2.75) is 59.4 Å². The number of amides is 2. The maximum atomic E-state index is 12.5. The molecule has 3 aliphatic rings. The van der Waals surface area contributed by atoms with E-state index in [0.717, 1.165) is 12.3 Å².